The molecule has 15 heavy (non-hydrogen) atoms. The number of carbonyl (C=O) groups excluding carboxylic acids is 1. The van der Waals surface area contributed by atoms with Gasteiger partial charge in [-0.25, -0.2) is 0 Å². The molecule has 1 rings (SSSR count). The Morgan fingerprint density at radius 2 is 2.33 bits per heavy atom. The zero-order chi connectivity index (χ0) is 11.3. The summed E-state index contributed by atoms with van der Waals surface area (Å²) in [5, 5.41) is 2.81. The third kappa shape index (κ3) is 3.80. The third-order valence-corrected chi connectivity index (χ3v) is 2.87. The summed E-state index contributed by atoms with van der Waals surface area (Å²) >= 11 is 0. The summed E-state index contributed by atoms with van der Waals surface area (Å²) in [6.07, 6.45) is 3.46. The fourth-order valence-corrected chi connectivity index (χ4v) is 2.00. The lowest BCUT2D eigenvalue weighted by Gasteiger charge is -2.18. The Morgan fingerprint density at radius 1 is 1.60 bits per heavy atom. The zero-order valence-corrected chi connectivity index (χ0v) is 9.66. The van der Waals surface area contributed by atoms with Crippen LogP contribution in [-0.4, -0.2) is 31.2 Å². The fraction of sp³-hybridized carbons (Fsp3) is 0.909. The highest BCUT2D eigenvalue weighted by molar-refractivity contribution is 5.78. The topological polar surface area (TPSA) is 64.4 Å². The van der Waals surface area contributed by atoms with Crippen molar-refractivity contribution in [1.82, 2.24) is 5.32 Å². The van der Waals surface area contributed by atoms with Gasteiger partial charge in [-0.2, -0.15) is 0 Å². The molecule has 0 aromatic rings. The van der Waals surface area contributed by atoms with Gasteiger partial charge in [-0.15, -0.1) is 0 Å². The van der Waals surface area contributed by atoms with Crippen molar-refractivity contribution in [2.45, 2.75) is 45.3 Å². The molecule has 88 valence electrons. The Morgan fingerprint density at radius 3 is 2.80 bits per heavy atom. The lowest BCUT2D eigenvalue weighted by atomic mass is 9.99. The summed E-state index contributed by atoms with van der Waals surface area (Å²) in [6.45, 7) is 5.06. The quantitative estimate of drug-likeness (QED) is 0.706. The van der Waals surface area contributed by atoms with Crippen molar-refractivity contribution in [2.24, 2.45) is 11.7 Å². The van der Waals surface area contributed by atoms with E-state index in [1.807, 2.05) is 6.92 Å². The number of ether oxygens (including phenoxy) is 1. The molecule has 3 atom stereocenters. The van der Waals surface area contributed by atoms with Gasteiger partial charge in [0.15, 0.2) is 0 Å². The van der Waals surface area contributed by atoms with Gasteiger partial charge >= 0.3 is 0 Å². The Balaban J connectivity index is 2.36. The van der Waals surface area contributed by atoms with Crippen molar-refractivity contribution >= 4 is 5.91 Å². The minimum absolute atomic E-state index is 0.0585. The summed E-state index contributed by atoms with van der Waals surface area (Å²) < 4.78 is 5.69. The van der Waals surface area contributed by atoms with E-state index in [0.717, 1.165) is 19.3 Å². The molecule has 0 aliphatic carbocycles. The largest absolute Gasteiger partial charge is 0.375 e. The van der Waals surface area contributed by atoms with Crippen LogP contribution in [0.1, 0.15) is 33.1 Å². The summed E-state index contributed by atoms with van der Waals surface area (Å²) in [4.78, 5) is 11.6. The van der Waals surface area contributed by atoms with Crippen LogP contribution in [0.3, 0.4) is 0 Å². The SMILES string of the molecule is CCNC(=O)C(CN)CC1CCC(C)O1. The summed E-state index contributed by atoms with van der Waals surface area (Å²) in [7, 11) is 0. The van der Waals surface area contributed by atoms with Crippen LogP contribution < -0.4 is 11.1 Å². The van der Waals surface area contributed by atoms with Crippen molar-refractivity contribution in [3.63, 3.8) is 0 Å². The predicted octanol–water partition coefficient (Wildman–Crippen LogP) is 0.655. The van der Waals surface area contributed by atoms with E-state index in [1.54, 1.807) is 0 Å². The maximum atomic E-state index is 11.6. The number of rotatable bonds is 5. The summed E-state index contributed by atoms with van der Waals surface area (Å²) in [6, 6.07) is 0. The number of hydrogen-bond donors (Lipinski definition) is 2. The molecule has 0 saturated carbocycles. The van der Waals surface area contributed by atoms with Crippen LogP contribution in [0.15, 0.2) is 0 Å². The van der Waals surface area contributed by atoms with Gasteiger partial charge in [0, 0.05) is 13.1 Å². The molecule has 3 N–H and O–H groups in total. The standard InChI is InChI=1S/C11H22N2O2/c1-3-13-11(14)9(7-12)6-10-5-4-8(2)15-10/h8-10H,3-7,12H2,1-2H3,(H,13,14). The normalized spacial score (nSPS) is 27.7. The minimum Gasteiger partial charge on any atom is -0.375 e. The molecular formula is C11H22N2O2. The van der Waals surface area contributed by atoms with Crippen LogP contribution in [-0.2, 0) is 9.53 Å². The van der Waals surface area contributed by atoms with Gasteiger partial charge in [0.25, 0.3) is 0 Å². The first kappa shape index (κ1) is 12.5. The monoisotopic (exact) mass is 214 g/mol. The summed E-state index contributed by atoms with van der Waals surface area (Å²) in [5.74, 6) is -0.0385. The van der Waals surface area contributed by atoms with Crippen LogP contribution in [0.4, 0.5) is 0 Å². The average molecular weight is 214 g/mol. The molecule has 3 unspecified atom stereocenters. The Kier molecular flexibility index (Phi) is 5.05. The van der Waals surface area contributed by atoms with Gasteiger partial charge in [0.05, 0.1) is 18.1 Å². The van der Waals surface area contributed by atoms with Gasteiger partial charge in [-0.05, 0) is 33.1 Å². The van der Waals surface area contributed by atoms with E-state index in [9.17, 15) is 4.79 Å². The van der Waals surface area contributed by atoms with E-state index < -0.39 is 0 Å². The molecule has 1 aliphatic rings. The highest BCUT2D eigenvalue weighted by atomic mass is 16.5. The van der Waals surface area contributed by atoms with E-state index in [-0.39, 0.29) is 17.9 Å². The first-order valence-corrected chi connectivity index (χ1v) is 5.80. The number of nitrogens with one attached hydrogen (secondary N) is 1. The van der Waals surface area contributed by atoms with Crippen molar-refractivity contribution in [1.29, 1.82) is 0 Å². The number of nitrogens with two attached hydrogens (primary N) is 1. The Labute approximate surface area is 91.5 Å². The van der Waals surface area contributed by atoms with Gasteiger partial charge in [-0.1, -0.05) is 0 Å². The van der Waals surface area contributed by atoms with E-state index in [2.05, 4.69) is 12.2 Å². The molecule has 1 fully saturated rings. The highest BCUT2D eigenvalue weighted by Crippen LogP contribution is 2.24. The molecule has 1 aliphatic heterocycles. The van der Waals surface area contributed by atoms with E-state index in [1.165, 1.54) is 0 Å². The molecule has 0 bridgehead atoms. The molecule has 0 aromatic carbocycles. The number of carbonyl (C=O) groups is 1. The first-order valence-electron chi connectivity index (χ1n) is 5.80. The molecule has 1 heterocycles. The minimum atomic E-state index is -0.0970. The molecule has 1 saturated heterocycles. The van der Waals surface area contributed by atoms with Gasteiger partial charge in [0.1, 0.15) is 0 Å². The van der Waals surface area contributed by atoms with Crippen molar-refractivity contribution in [3.05, 3.63) is 0 Å². The van der Waals surface area contributed by atoms with E-state index in [0.29, 0.717) is 19.2 Å². The zero-order valence-electron chi connectivity index (χ0n) is 9.66. The second-order valence-electron chi connectivity index (χ2n) is 4.21. The maximum absolute atomic E-state index is 11.6. The molecule has 0 radical (unpaired) electrons. The van der Waals surface area contributed by atoms with Crippen molar-refractivity contribution in [3.8, 4) is 0 Å². The van der Waals surface area contributed by atoms with E-state index in [4.69, 9.17) is 10.5 Å². The molecule has 0 spiro atoms. The Hall–Kier alpha value is -0.610. The molecule has 0 aromatic heterocycles. The number of hydrogen-bond acceptors (Lipinski definition) is 3. The molecule has 4 nitrogen and oxygen atoms in total. The average Bonchev–Trinajstić information content (AvgIpc) is 2.61. The molecule has 1 amide bonds. The molecule has 4 heteroatoms. The van der Waals surface area contributed by atoms with Crippen LogP contribution in [0.5, 0.6) is 0 Å². The number of amides is 1. The first-order chi connectivity index (χ1) is 7.17. The van der Waals surface area contributed by atoms with E-state index >= 15 is 0 Å². The predicted molar refractivity (Wildman–Crippen MR) is 59.4 cm³/mol. The fourth-order valence-electron chi connectivity index (χ4n) is 2.00. The third-order valence-electron chi connectivity index (χ3n) is 2.87. The highest BCUT2D eigenvalue weighted by Gasteiger charge is 2.27. The lowest BCUT2D eigenvalue weighted by Crippen LogP contribution is -2.36. The lowest BCUT2D eigenvalue weighted by molar-refractivity contribution is -0.125. The molecular weight excluding hydrogens is 192 g/mol. The van der Waals surface area contributed by atoms with Crippen molar-refractivity contribution < 1.29 is 9.53 Å². The summed E-state index contributed by atoms with van der Waals surface area (Å²) in [5.41, 5.74) is 5.60. The smallest absolute Gasteiger partial charge is 0.224 e. The second-order valence-corrected chi connectivity index (χ2v) is 4.21. The van der Waals surface area contributed by atoms with Crippen molar-refractivity contribution in [2.75, 3.05) is 13.1 Å². The van der Waals surface area contributed by atoms with Gasteiger partial charge in [-0.3, -0.25) is 4.79 Å². The van der Waals surface area contributed by atoms with Gasteiger partial charge in [0.2, 0.25) is 5.91 Å². The second kappa shape index (κ2) is 6.08. The van der Waals surface area contributed by atoms with Crippen LogP contribution >= 0.6 is 0 Å². The van der Waals surface area contributed by atoms with Crippen LogP contribution in [0.2, 0.25) is 0 Å². The van der Waals surface area contributed by atoms with Crippen LogP contribution in [0, 0.1) is 5.92 Å². The van der Waals surface area contributed by atoms with Crippen LogP contribution in [0.25, 0.3) is 0 Å². The maximum Gasteiger partial charge on any atom is 0.224 e. The van der Waals surface area contributed by atoms with Gasteiger partial charge < -0.3 is 15.8 Å². The Bertz CT molecular complexity index is 209.